The van der Waals surface area contributed by atoms with Gasteiger partial charge in [-0.25, -0.2) is 0 Å². The van der Waals surface area contributed by atoms with E-state index in [9.17, 15) is 4.79 Å². The van der Waals surface area contributed by atoms with Gasteiger partial charge in [0.15, 0.2) is 0 Å². The summed E-state index contributed by atoms with van der Waals surface area (Å²) in [6.07, 6.45) is 5.14. The number of hydrogen-bond acceptors (Lipinski definition) is 2. The fourth-order valence-corrected chi connectivity index (χ4v) is 3.48. The molecule has 1 aromatic heterocycles. The van der Waals surface area contributed by atoms with Crippen LogP contribution in [-0.4, -0.2) is 17.4 Å². The lowest BCUT2D eigenvalue weighted by Crippen LogP contribution is -2.38. The van der Waals surface area contributed by atoms with Crippen molar-refractivity contribution in [2.45, 2.75) is 52.0 Å². The molecule has 0 saturated carbocycles. The second kappa shape index (κ2) is 5.67. The largest absolute Gasteiger partial charge is 0.336 e. The average molecular weight is 251 g/mol. The van der Waals surface area contributed by atoms with Crippen molar-refractivity contribution in [3.8, 4) is 0 Å². The van der Waals surface area contributed by atoms with Crippen molar-refractivity contribution in [1.82, 2.24) is 4.90 Å². The van der Waals surface area contributed by atoms with E-state index in [0.29, 0.717) is 5.91 Å². The molecular formula is C14H21NOS. The topological polar surface area (TPSA) is 20.3 Å². The molecule has 1 aliphatic heterocycles. The van der Waals surface area contributed by atoms with E-state index in [1.54, 1.807) is 0 Å². The Morgan fingerprint density at radius 2 is 2.35 bits per heavy atom. The molecule has 0 spiro atoms. The Morgan fingerprint density at radius 3 is 3.12 bits per heavy atom. The predicted octanol–water partition coefficient (Wildman–Crippen LogP) is 3.77. The van der Waals surface area contributed by atoms with Gasteiger partial charge in [0.1, 0.15) is 0 Å². The van der Waals surface area contributed by atoms with E-state index < -0.39 is 0 Å². The summed E-state index contributed by atoms with van der Waals surface area (Å²) in [7, 11) is 0. The molecule has 2 heterocycles. The predicted molar refractivity (Wildman–Crippen MR) is 72.3 cm³/mol. The first-order valence-electron chi connectivity index (χ1n) is 6.59. The van der Waals surface area contributed by atoms with E-state index in [1.807, 2.05) is 11.3 Å². The summed E-state index contributed by atoms with van der Waals surface area (Å²) in [6, 6.07) is 2.45. The zero-order chi connectivity index (χ0) is 12.3. The second-order valence-electron chi connectivity index (χ2n) is 4.77. The van der Waals surface area contributed by atoms with Crippen LogP contribution in [0.25, 0.3) is 0 Å². The van der Waals surface area contributed by atoms with Crippen LogP contribution >= 0.6 is 11.3 Å². The van der Waals surface area contributed by atoms with Crippen molar-refractivity contribution in [2.24, 2.45) is 0 Å². The standard InChI is InChI=1S/C14H21NOS/c1-3-4-5-6-14(16)15-9-7-13-12(11(15)2)8-10-17-13/h8,10-11H,3-7,9H2,1-2H3. The molecule has 2 nitrogen and oxygen atoms in total. The molecule has 0 aliphatic carbocycles. The third-order valence-electron chi connectivity index (χ3n) is 3.59. The summed E-state index contributed by atoms with van der Waals surface area (Å²) in [6.45, 7) is 5.23. The monoisotopic (exact) mass is 251 g/mol. The molecule has 0 bridgehead atoms. The third kappa shape index (κ3) is 2.71. The van der Waals surface area contributed by atoms with Crippen molar-refractivity contribution in [2.75, 3.05) is 6.54 Å². The van der Waals surface area contributed by atoms with Crippen molar-refractivity contribution >= 4 is 17.2 Å². The summed E-state index contributed by atoms with van der Waals surface area (Å²) >= 11 is 1.83. The Balaban J connectivity index is 1.97. The molecule has 0 saturated heterocycles. The van der Waals surface area contributed by atoms with Crippen LogP contribution in [0.4, 0.5) is 0 Å². The highest BCUT2D eigenvalue weighted by Gasteiger charge is 2.27. The van der Waals surface area contributed by atoms with Crippen LogP contribution in [0.15, 0.2) is 11.4 Å². The van der Waals surface area contributed by atoms with E-state index in [0.717, 1.165) is 32.2 Å². The molecule has 0 aromatic carbocycles. The fourth-order valence-electron chi connectivity index (χ4n) is 2.52. The molecule has 94 valence electrons. The molecule has 1 amide bonds. The van der Waals surface area contributed by atoms with Gasteiger partial charge in [-0.3, -0.25) is 4.79 Å². The highest BCUT2D eigenvalue weighted by atomic mass is 32.1. The molecule has 0 fully saturated rings. The van der Waals surface area contributed by atoms with E-state index >= 15 is 0 Å². The van der Waals surface area contributed by atoms with Gasteiger partial charge in [-0.05, 0) is 36.8 Å². The fraction of sp³-hybridized carbons (Fsp3) is 0.643. The zero-order valence-corrected chi connectivity index (χ0v) is 11.6. The summed E-state index contributed by atoms with van der Waals surface area (Å²) < 4.78 is 0. The first-order valence-corrected chi connectivity index (χ1v) is 7.47. The molecule has 1 unspecified atom stereocenters. The number of nitrogens with zero attached hydrogens (tertiary/aromatic N) is 1. The van der Waals surface area contributed by atoms with Gasteiger partial charge in [-0.15, -0.1) is 11.3 Å². The van der Waals surface area contributed by atoms with Gasteiger partial charge in [-0.2, -0.15) is 0 Å². The van der Waals surface area contributed by atoms with E-state index in [1.165, 1.54) is 16.9 Å². The Morgan fingerprint density at radius 1 is 1.53 bits per heavy atom. The molecule has 17 heavy (non-hydrogen) atoms. The molecule has 1 aliphatic rings. The number of fused-ring (bicyclic) bond motifs is 1. The molecule has 2 rings (SSSR count). The van der Waals surface area contributed by atoms with Crippen molar-refractivity contribution < 1.29 is 4.79 Å². The number of amides is 1. The number of carbonyl (C=O) groups excluding carboxylic acids is 1. The van der Waals surface area contributed by atoms with Gasteiger partial charge < -0.3 is 4.90 Å². The second-order valence-corrected chi connectivity index (χ2v) is 5.77. The first kappa shape index (κ1) is 12.6. The molecule has 0 N–H and O–H groups in total. The number of thiophene rings is 1. The lowest BCUT2D eigenvalue weighted by molar-refractivity contribution is -0.133. The van der Waals surface area contributed by atoms with Gasteiger partial charge in [0, 0.05) is 17.8 Å². The third-order valence-corrected chi connectivity index (χ3v) is 4.59. The SMILES string of the molecule is CCCCCC(=O)N1CCc2sccc2C1C. The summed E-state index contributed by atoms with van der Waals surface area (Å²) in [5.74, 6) is 0.336. The van der Waals surface area contributed by atoms with E-state index in [2.05, 4.69) is 30.2 Å². The van der Waals surface area contributed by atoms with Crippen LogP contribution < -0.4 is 0 Å². The maximum atomic E-state index is 12.1. The van der Waals surface area contributed by atoms with Crippen LogP contribution in [0.1, 0.15) is 56.0 Å². The van der Waals surface area contributed by atoms with Crippen molar-refractivity contribution in [1.29, 1.82) is 0 Å². The van der Waals surface area contributed by atoms with E-state index in [-0.39, 0.29) is 6.04 Å². The van der Waals surface area contributed by atoms with Crippen molar-refractivity contribution in [3.05, 3.63) is 21.9 Å². The van der Waals surface area contributed by atoms with E-state index in [4.69, 9.17) is 0 Å². The van der Waals surface area contributed by atoms with Crippen LogP contribution in [0.3, 0.4) is 0 Å². The van der Waals surface area contributed by atoms with Crippen LogP contribution in [0.5, 0.6) is 0 Å². The zero-order valence-electron chi connectivity index (χ0n) is 10.7. The number of carbonyl (C=O) groups is 1. The Hall–Kier alpha value is -0.830. The number of rotatable bonds is 4. The normalized spacial score (nSPS) is 19.2. The number of unbranched alkanes of at least 4 members (excludes halogenated alkanes) is 2. The molecule has 3 heteroatoms. The first-order chi connectivity index (χ1) is 8.24. The lowest BCUT2D eigenvalue weighted by atomic mass is 10.0. The highest BCUT2D eigenvalue weighted by Crippen LogP contribution is 2.33. The minimum absolute atomic E-state index is 0.277. The summed E-state index contributed by atoms with van der Waals surface area (Å²) in [5.41, 5.74) is 1.37. The molecule has 0 radical (unpaired) electrons. The number of hydrogen-bond donors (Lipinski definition) is 0. The average Bonchev–Trinajstić information content (AvgIpc) is 2.78. The van der Waals surface area contributed by atoms with Crippen LogP contribution in [0.2, 0.25) is 0 Å². The Kier molecular flexibility index (Phi) is 4.21. The Labute approximate surface area is 108 Å². The smallest absolute Gasteiger partial charge is 0.223 e. The quantitative estimate of drug-likeness (QED) is 0.746. The van der Waals surface area contributed by atoms with Crippen LogP contribution in [0, 0.1) is 0 Å². The minimum Gasteiger partial charge on any atom is -0.336 e. The lowest BCUT2D eigenvalue weighted by Gasteiger charge is -2.33. The summed E-state index contributed by atoms with van der Waals surface area (Å²) in [5, 5.41) is 2.15. The van der Waals surface area contributed by atoms with Crippen molar-refractivity contribution in [3.63, 3.8) is 0 Å². The van der Waals surface area contributed by atoms with Gasteiger partial charge in [0.05, 0.1) is 6.04 Å². The Bertz CT molecular complexity index is 385. The summed E-state index contributed by atoms with van der Waals surface area (Å²) in [4.78, 5) is 15.7. The maximum Gasteiger partial charge on any atom is 0.223 e. The molecule has 1 aromatic rings. The minimum atomic E-state index is 0.277. The maximum absolute atomic E-state index is 12.1. The van der Waals surface area contributed by atoms with Gasteiger partial charge >= 0.3 is 0 Å². The molecular weight excluding hydrogens is 230 g/mol. The van der Waals surface area contributed by atoms with Gasteiger partial charge in [0.2, 0.25) is 5.91 Å². The van der Waals surface area contributed by atoms with Gasteiger partial charge in [0.25, 0.3) is 0 Å². The van der Waals surface area contributed by atoms with Gasteiger partial charge in [-0.1, -0.05) is 19.8 Å². The van der Waals surface area contributed by atoms with Crippen LogP contribution in [-0.2, 0) is 11.2 Å². The highest BCUT2D eigenvalue weighted by molar-refractivity contribution is 7.10. The molecule has 1 atom stereocenters.